The number of fused-ring (bicyclic) bond motifs is 1. The predicted molar refractivity (Wildman–Crippen MR) is 76.8 cm³/mol. The molecule has 2 aromatic rings. The summed E-state index contributed by atoms with van der Waals surface area (Å²) < 4.78 is 11.0. The topological polar surface area (TPSA) is 35.5 Å². The molecule has 0 fully saturated rings. The first-order valence-electron chi connectivity index (χ1n) is 6.66. The summed E-state index contributed by atoms with van der Waals surface area (Å²) in [4.78, 5) is 12.5. The van der Waals surface area contributed by atoms with Gasteiger partial charge in [0.25, 0.3) is 0 Å². The second kappa shape index (κ2) is 5.00. The van der Waals surface area contributed by atoms with E-state index in [1.54, 1.807) is 18.2 Å². The quantitative estimate of drug-likeness (QED) is 0.784. The third kappa shape index (κ3) is 2.39. The van der Waals surface area contributed by atoms with Crippen LogP contribution < -0.4 is 9.47 Å². The molecule has 3 nitrogen and oxygen atoms in total. The molecule has 1 aliphatic heterocycles. The van der Waals surface area contributed by atoms with Crippen LogP contribution in [0.3, 0.4) is 0 Å². The number of ether oxygens (including phenoxy) is 2. The Morgan fingerprint density at radius 3 is 2.20 bits per heavy atom. The van der Waals surface area contributed by atoms with Gasteiger partial charge < -0.3 is 9.47 Å². The highest BCUT2D eigenvalue weighted by atomic mass is 16.6. The van der Waals surface area contributed by atoms with E-state index >= 15 is 0 Å². The van der Waals surface area contributed by atoms with Crippen molar-refractivity contribution in [2.24, 2.45) is 0 Å². The van der Waals surface area contributed by atoms with Crippen molar-refractivity contribution in [3.63, 3.8) is 0 Å². The number of aryl methyl sites for hydroxylation is 2. The number of rotatable bonds is 2. The Bertz CT molecular complexity index is 654. The minimum atomic E-state index is 0.00812. The minimum Gasteiger partial charge on any atom is -0.486 e. The van der Waals surface area contributed by atoms with E-state index in [4.69, 9.17) is 9.47 Å². The zero-order valence-corrected chi connectivity index (χ0v) is 11.6. The number of benzene rings is 2. The van der Waals surface area contributed by atoms with Gasteiger partial charge in [-0.2, -0.15) is 0 Å². The zero-order chi connectivity index (χ0) is 14.1. The summed E-state index contributed by atoms with van der Waals surface area (Å²) in [5.74, 6) is 1.36. The van der Waals surface area contributed by atoms with Crippen LogP contribution >= 0.6 is 0 Å². The molecule has 0 aliphatic carbocycles. The van der Waals surface area contributed by atoms with Gasteiger partial charge in [-0.1, -0.05) is 17.2 Å². The fourth-order valence-corrected chi connectivity index (χ4v) is 2.46. The lowest BCUT2D eigenvalue weighted by molar-refractivity contribution is 0.103. The Hall–Kier alpha value is -2.29. The average molecular weight is 268 g/mol. The van der Waals surface area contributed by atoms with Gasteiger partial charge in [0.15, 0.2) is 17.3 Å². The molecule has 0 saturated heterocycles. The number of carbonyl (C=O) groups is 1. The van der Waals surface area contributed by atoms with Crippen molar-refractivity contribution in [1.82, 2.24) is 0 Å². The molecule has 2 aromatic carbocycles. The van der Waals surface area contributed by atoms with Gasteiger partial charge in [0.1, 0.15) is 13.2 Å². The highest BCUT2D eigenvalue weighted by molar-refractivity contribution is 6.09. The lowest BCUT2D eigenvalue weighted by Crippen LogP contribution is -2.16. The highest BCUT2D eigenvalue weighted by Crippen LogP contribution is 2.31. The van der Waals surface area contributed by atoms with Crippen LogP contribution in [0.5, 0.6) is 11.5 Å². The van der Waals surface area contributed by atoms with E-state index in [1.165, 1.54) is 0 Å². The molecule has 0 amide bonds. The molecule has 1 heterocycles. The predicted octanol–water partition coefficient (Wildman–Crippen LogP) is 3.31. The summed E-state index contributed by atoms with van der Waals surface area (Å²) >= 11 is 0. The number of ketones is 1. The second-order valence-corrected chi connectivity index (χ2v) is 5.06. The first kappa shape index (κ1) is 12.7. The molecular formula is C17H16O3. The third-order valence-electron chi connectivity index (χ3n) is 3.29. The van der Waals surface area contributed by atoms with Gasteiger partial charge >= 0.3 is 0 Å². The SMILES string of the molecule is Cc1cc(C)cc(C(=O)c2ccc3c(c2)OCCO3)c1. The van der Waals surface area contributed by atoms with E-state index in [2.05, 4.69) is 6.07 Å². The largest absolute Gasteiger partial charge is 0.486 e. The van der Waals surface area contributed by atoms with E-state index in [0.717, 1.165) is 11.1 Å². The van der Waals surface area contributed by atoms with Crippen LogP contribution in [0.25, 0.3) is 0 Å². The molecule has 0 N–H and O–H groups in total. The molecule has 0 saturated carbocycles. The van der Waals surface area contributed by atoms with Crippen molar-refractivity contribution >= 4 is 5.78 Å². The van der Waals surface area contributed by atoms with Crippen molar-refractivity contribution < 1.29 is 14.3 Å². The molecule has 0 aromatic heterocycles. The van der Waals surface area contributed by atoms with E-state index in [1.807, 2.05) is 26.0 Å². The minimum absolute atomic E-state index is 0.00812. The first-order chi connectivity index (χ1) is 9.63. The van der Waals surface area contributed by atoms with Gasteiger partial charge in [-0.25, -0.2) is 0 Å². The molecule has 1 aliphatic rings. The number of hydrogen-bond acceptors (Lipinski definition) is 3. The standard InChI is InChI=1S/C17H16O3/c1-11-7-12(2)9-14(8-11)17(18)13-3-4-15-16(10-13)20-6-5-19-15/h3-4,7-10H,5-6H2,1-2H3. The number of carbonyl (C=O) groups excluding carboxylic acids is 1. The monoisotopic (exact) mass is 268 g/mol. The third-order valence-corrected chi connectivity index (χ3v) is 3.29. The maximum atomic E-state index is 12.5. The van der Waals surface area contributed by atoms with Gasteiger partial charge in [0, 0.05) is 11.1 Å². The van der Waals surface area contributed by atoms with Crippen LogP contribution in [0.4, 0.5) is 0 Å². The van der Waals surface area contributed by atoms with Gasteiger partial charge in [0.05, 0.1) is 0 Å². The lowest BCUT2D eigenvalue weighted by Gasteiger charge is -2.18. The molecule has 0 spiro atoms. The zero-order valence-electron chi connectivity index (χ0n) is 11.6. The van der Waals surface area contributed by atoms with E-state index in [-0.39, 0.29) is 5.78 Å². The lowest BCUT2D eigenvalue weighted by atomic mass is 9.99. The van der Waals surface area contributed by atoms with Crippen LogP contribution in [-0.4, -0.2) is 19.0 Å². The molecule has 0 radical (unpaired) electrons. The smallest absolute Gasteiger partial charge is 0.193 e. The van der Waals surface area contributed by atoms with E-state index < -0.39 is 0 Å². The Morgan fingerprint density at radius 1 is 0.850 bits per heavy atom. The van der Waals surface area contributed by atoms with Gasteiger partial charge in [0.2, 0.25) is 0 Å². The van der Waals surface area contributed by atoms with Crippen molar-refractivity contribution in [2.45, 2.75) is 13.8 Å². The van der Waals surface area contributed by atoms with Crippen LogP contribution in [0.1, 0.15) is 27.0 Å². The summed E-state index contributed by atoms with van der Waals surface area (Å²) in [6.45, 7) is 5.06. The number of hydrogen-bond donors (Lipinski definition) is 0. The van der Waals surface area contributed by atoms with Crippen molar-refractivity contribution in [3.05, 3.63) is 58.7 Å². The second-order valence-electron chi connectivity index (χ2n) is 5.06. The van der Waals surface area contributed by atoms with Crippen molar-refractivity contribution in [3.8, 4) is 11.5 Å². The van der Waals surface area contributed by atoms with E-state index in [9.17, 15) is 4.79 Å². The van der Waals surface area contributed by atoms with Crippen LogP contribution in [0.2, 0.25) is 0 Å². The summed E-state index contributed by atoms with van der Waals surface area (Å²) in [5.41, 5.74) is 3.51. The molecule has 0 unspecified atom stereocenters. The molecule has 3 heteroatoms. The maximum Gasteiger partial charge on any atom is 0.193 e. The summed E-state index contributed by atoms with van der Waals surface area (Å²) in [7, 11) is 0. The Kier molecular flexibility index (Phi) is 3.18. The average Bonchev–Trinajstić information content (AvgIpc) is 2.45. The van der Waals surface area contributed by atoms with Gasteiger partial charge in [-0.3, -0.25) is 4.79 Å². The molecule has 0 atom stereocenters. The Labute approximate surface area is 118 Å². The first-order valence-corrected chi connectivity index (χ1v) is 6.66. The fourth-order valence-electron chi connectivity index (χ4n) is 2.46. The normalized spacial score (nSPS) is 13.1. The van der Waals surface area contributed by atoms with Crippen molar-refractivity contribution in [2.75, 3.05) is 13.2 Å². The molecule has 3 rings (SSSR count). The summed E-state index contributed by atoms with van der Waals surface area (Å²) in [6.07, 6.45) is 0. The maximum absolute atomic E-state index is 12.5. The van der Waals surface area contributed by atoms with Crippen LogP contribution in [0.15, 0.2) is 36.4 Å². The Morgan fingerprint density at radius 2 is 1.50 bits per heavy atom. The van der Waals surface area contributed by atoms with Gasteiger partial charge in [-0.15, -0.1) is 0 Å². The molecule has 0 bridgehead atoms. The summed E-state index contributed by atoms with van der Waals surface area (Å²) in [5, 5.41) is 0. The fraction of sp³-hybridized carbons (Fsp3) is 0.235. The van der Waals surface area contributed by atoms with Crippen LogP contribution in [0, 0.1) is 13.8 Å². The summed E-state index contributed by atoms with van der Waals surface area (Å²) in [6, 6.07) is 11.2. The van der Waals surface area contributed by atoms with E-state index in [0.29, 0.717) is 35.8 Å². The Balaban J connectivity index is 1.97. The molecular weight excluding hydrogens is 252 g/mol. The molecule has 20 heavy (non-hydrogen) atoms. The molecule has 102 valence electrons. The van der Waals surface area contributed by atoms with Crippen LogP contribution in [-0.2, 0) is 0 Å². The van der Waals surface area contributed by atoms with Crippen molar-refractivity contribution in [1.29, 1.82) is 0 Å². The highest BCUT2D eigenvalue weighted by Gasteiger charge is 2.16. The van der Waals surface area contributed by atoms with Gasteiger partial charge in [-0.05, 0) is 44.2 Å².